The Morgan fingerprint density at radius 3 is 2.80 bits per heavy atom. The van der Waals surface area contributed by atoms with E-state index in [0.717, 1.165) is 26.9 Å². The van der Waals surface area contributed by atoms with Gasteiger partial charge in [0.15, 0.2) is 0 Å². The Labute approximate surface area is 149 Å². The molecule has 4 nitrogen and oxygen atoms in total. The summed E-state index contributed by atoms with van der Waals surface area (Å²) < 4.78 is 0. The molecule has 2 aromatic carbocycles. The van der Waals surface area contributed by atoms with Crippen molar-refractivity contribution in [2.24, 2.45) is 0 Å². The number of thiazole rings is 1. The second kappa shape index (κ2) is 6.45. The summed E-state index contributed by atoms with van der Waals surface area (Å²) in [6.07, 6.45) is 3.34. The summed E-state index contributed by atoms with van der Waals surface area (Å²) >= 11 is 1.47. The van der Waals surface area contributed by atoms with Gasteiger partial charge in [-0.2, -0.15) is 0 Å². The monoisotopic (exact) mass is 345 g/mol. The molecule has 0 unspecified atom stereocenters. The summed E-state index contributed by atoms with van der Waals surface area (Å²) in [7, 11) is 0. The van der Waals surface area contributed by atoms with E-state index in [4.69, 9.17) is 0 Å². The SMILES string of the molecule is Cc1ccncc1NC(=O)c1csc(-c2cccc3ccccc23)n1. The summed E-state index contributed by atoms with van der Waals surface area (Å²) in [6.45, 7) is 1.93. The molecule has 0 fully saturated rings. The molecule has 1 amide bonds. The van der Waals surface area contributed by atoms with Gasteiger partial charge in [-0.25, -0.2) is 4.98 Å². The van der Waals surface area contributed by atoms with E-state index in [1.165, 1.54) is 11.3 Å². The first kappa shape index (κ1) is 15.5. The first-order chi connectivity index (χ1) is 12.2. The highest BCUT2D eigenvalue weighted by atomic mass is 32.1. The van der Waals surface area contributed by atoms with Crippen LogP contribution in [0.5, 0.6) is 0 Å². The van der Waals surface area contributed by atoms with Crippen LogP contribution < -0.4 is 5.32 Å². The smallest absolute Gasteiger partial charge is 0.275 e. The third-order valence-electron chi connectivity index (χ3n) is 4.04. The second-order valence-electron chi connectivity index (χ2n) is 5.71. The van der Waals surface area contributed by atoms with Crippen LogP contribution in [0.3, 0.4) is 0 Å². The lowest BCUT2D eigenvalue weighted by molar-refractivity contribution is 0.102. The van der Waals surface area contributed by atoms with Crippen molar-refractivity contribution >= 4 is 33.7 Å². The van der Waals surface area contributed by atoms with Crippen LogP contribution in [0.4, 0.5) is 5.69 Å². The molecule has 5 heteroatoms. The molecule has 4 rings (SSSR count). The number of amides is 1. The van der Waals surface area contributed by atoms with Gasteiger partial charge in [-0.1, -0.05) is 42.5 Å². The lowest BCUT2D eigenvalue weighted by atomic mass is 10.1. The van der Waals surface area contributed by atoms with E-state index in [0.29, 0.717) is 11.4 Å². The van der Waals surface area contributed by atoms with Crippen molar-refractivity contribution in [2.45, 2.75) is 6.92 Å². The van der Waals surface area contributed by atoms with E-state index < -0.39 is 0 Å². The summed E-state index contributed by atoms with van der Waals surface area (Å²) in [5.41, 5.74) is 3.12. The van der Waals surface area contributed by atoms with Gasteiger partial charge < -0.3 is 5.32 Å². The number of rotatable bonds is 3. The molecule has 0 radical (unpaired) electrons. The van der Waals surface area contributed by atoms with E-state index in [2.05, 4.69) is 33.5 Å². The summed E-state index contributed by atoms with van der Waals surface area (Å²) in [6, 6.07) is 16.2. The first-order valence-electron chi connectivity index (χ1n) is 7.88. The van der Waals surface area contributed by atoms with Crippen LogP contribution in [-0.4, -0.2) is 15.9 Å². The van der Waals surface area contributed by atoms with Gasteiger partial charge in [0.25, 0.3) is 5.91 Å². The van der Waals surface area contributed by atoms with Crippen LogP contribution >= 0.6 is 11.3 Å². The minimum atomic E-state index is -0.223. The van der Waals surface area contributed by atoms with E-state index in [1.54, 1.807) is 17.8 Å². The normalized spacial score (nSPS) is 10.8. The average molecular weight is 345 g/mol. The number of anilines is 1. The molecule has 0 aliphatic rings. The van der Waals surface area contributed by atoms with E-state index in [9.17, 15) is 4.79 Å². The molecule has 25 heavy (non-hydrogen) atoms. The van der Waals surface area contributed by atoms with Crippen molar-refractivity contribution in [3.63, 3.8) is 0 Å². The molecule has 122 valence electrons. The number of aromatic nitrogens is 2. The average Bonchev–Trinajstić information content (AvgIpc) is 3.13. The maximum atomic E-state index is 12.5. The molecule has 0 spiro atoms. The Morgan fingerprint density at radius 1 is 1.08 bits per heavy atom. The van der Waals surface area contributed by atoms with Gasteiger partial charge in [0.05, 0.1) is 11.9 Å². The van der Waals surface area contributed by atoms with Gasteiger partial charge in [0, 0.05) is 17.1 Å². The van der Waals surface area contributed by atoms with Gasteiger partial charge in [-0.15, -0.1) is 11.3 Å². The van der Waals surface area contributed by atoms with Crippen LogP contribution in [-0.2, 0) is 0 Å². The lowest BCUT2D eigenvalue weighted by Crippen LogP contribution is -2.13. The van der Waals surface area contributed by atoms with Crippen LogP contribution in [0.15, 0.2) is 66.3 Å². The molecular weight excluding hydrogens is 330 g/mol. The highest BCUT2D eigenvalue weighted by Crippen LogP contribution is 2.31. The summed E-state index contributed by atoms with van der Waals surface area (Å²) in [5, 5.41) is 7.79. The van der Waals surface area contributed by atoms with Crippen LogP contribution in [0, 0.1) is 6.92 Å². The number of carbonyl (C=O) groups is 1. The van der Waals surface area contributed by atoms with Gasteiger partial charge in [-0.05, 0) is 29.3 Å². The zero-order valence-electron chi connectivity index (χ0n) is 13.6. The quantitative estimate of drug-likeness (QED) is 0.573. The van der Waals surface area contributed by atoms with Crippen LogP contribution in [0.25, 0.3) is 21.3 Å². The number of hydrogen-bond donors (Lipinski definition) is 1. The van der Waals surface area contributed by atoms with E-state index >= 15 is 0 Å². The molecule has 2 heterocycles. The molecule has 0 saturated carbocycles. The Morgan fingerprint density at radius 2 is 1.92 bits per heavy atom. The molecule has 2 aromatic heterocycles. The number of pyridine rings is 1. The number of fused-ring (bicyclic) bond motifs is 1. The maximum absolute atomic E-state index is 12.5. The van der Waals surface area contributed by atoms with Gasteiger partial charge in [0.1, 0.15) is 10.7 Å². The molecule has 1 N–H and O–H groups in total. The number of nitrogens with one attached hydrogen (secondary N) is 1. The van der Waals surface area contributed by atoms with E-state index in [-0.39, 0.29) is 5.91 Å². The molecule has 4 aromatic rings. The van der Waals surface area contributed by atoms with Crippen molar-refractivity contribution in [2.75, 3.05) is 5.32 Å². The lowest BCUT2D eigenvalue weighted by Gasteiger charge is -2.05. The van der Waals surface area contributed by atoms with Crippen molar-refractivity contribution in [3.05, 3.63) is 77.6 Å². The minimum absolute atomic E-state index is 0.223. The fraction of sp³-hybridized carbons (Fsp3) is 0.0500. The number of hydrogen-bond acceptors (Lipinski definition) is 4. The minimum Gasteiger partial charge on any atom is -0.319 e. The van der Waals surface area contributed by atoms with Gasteiger partial charge >= 0.3 is 0 Å². The van der Waals surface area contributed by atoms with Crippen molar-refractivity contribution in [1.29, 1.82) is 0 Å². The zero-order chi connectivity index (χ0) is 17.2. The summed E-state index contributed by atoms with van der Waals surface area (Å²) in [5.74, 6) is -0.223. The van der Waals surface area contributed by atoms with Crippen LogP contribution in [0.2, 0.25) is 0 Å². The number of benzene rings is 2. The Balaban J connectivity index is 1.66. The molecule has 0 atom stereocenters. The molecular formula is C20H15N3OS. The predicted octanol–water partition coefficient (Wildman–Crippen LogP) is 4.92. The Bertz CT molecular complexity index is 1070. The highest BCUT2D eigenvalue weighted by Gasteiger charge is 2.14. The number of aryl methyl sites for hydroxylation is 1. The van der Waals surface area contributed by atoms with Crippen molar-refractivity contribution in [3.8, 4) is 10.6 Å². The van der Waals surface area contributed by atoms with Gasteiger partial charge in [0.2, 0.25) is 0 Å². The van der Waals surface area contributed by atoms with Crippen LogP contribution in [0.1, 0.15) is 16.1 Å². The standard InChI is InChI=1S/C20H15N3OS/c1-13-9-10-21-11-17(13)22-19(24)18-12-25-20(23-18)16-8-4-6-14-5-2-3-7-15(14)16/h2-12H,1H3,(H,22,24). The Kier molecular flexibility index (Phi) is 3.99. The molecule has 0 aliphatic heterocycles. The van der Waals surface area contributed by atoms with E-state index in [1.807, 2.05) is 37.3 Å². The fourth-order valence-electron chi connectivity index (χ4n) is 2.69. The largest absolute Gasteiger partial charge is 0.319 e. The number of carbonyl (C=O) groups excluding carboxylic acids is 1. The Hall–Kier alpha value is -3.05. The fourth-order valence-corrected chi connectivity index (χ4v) is 3.53. The second-order valence-corrected chi connectivity index (χ2v) is 6.57. The molecule has 0 saturated heterocycles. The third-order valence-corrected chi connectivity index (χ3v) is 4.92. The first-order valence-corrected chi connectivity index (χ1v) is 8.76. The third kappa shape index (κ3) is 3.02. The van der Waals surface area contributed by atoms with Gasteiger partial charge in [-0.3, -0.25) is 9.78 Å². The molecule has 0 aliphatic carbocycles. The highest BCUT2D eigenvalue weighted by molar-refractivity contribution is 7.13. The summed E-state index contributed by atoms with van der Waals surface area (Å²) in [4.78, 5) is 21.1. The topological polar surface area (TPSA) is 54.9 Å². The van der Waals surface area contributed by atoms with Crippen molar-refractivity contribution in [1.82, 2.24) is 9.97 Å². The predicted molar refractivity (Wildman–Crippen MR) is 102 cm³/mol. The van der Waals surface area contributed by atoms with Crippen molar-refractivity contribution < 1.29 is 4.79 Å². The maximum Gasteiger partial charge on any atom is 0.275 e. The zero-order valence-corrected chi connectivity index (χ0v) is 14.4. The number of nitrogens with zero attached hydrogens (tertiary/aromatic N) is 2. The molecule has 0 bridgehead atoms.